The van der Waals surface area contributed by atoms with E-state index in [9.17, 15) is 4.79 Å². The van der Waals surface area contributed by atoms with Crippen molar-refractivity contribution >= 4 is 46.2 Å². The number of amides is 1. The van der Waals surface area contributed by atoms with Crippen LogP contribution in [-0.4, -0.2) is 5.91 Å². The number of benzene rings is 3. The van der Waals surface area contributed by atoms with E-state index < -0.39 is 0 Å². The highest BCUT2D eigenvalue weighted by Crippen LogP contribution is 2.26. The highest BCUT2D eigenvalue weighted by molar-refractivity contribution is 6.35. The minimum atomic E-state index is -0.339. The minimum absolute atomic E-state index is 0.339. The second kappa shape index (κ2) is 9.31. The number of anilines is 3. The van der Waals surface area contributed by atoms with E-state index in [1.54, 1.807) is 18.2 Å². The van der Waals surface area contributed by atoms with Gasteiger partial charge in [-0.2, -0.15) is 0 Å². The molecule has 3 N–H and O–H groups in total. The number of hydrogen-bond acceptors (Lipinski definition) is 3. The van der Waals surface area contributed by atoms with Crippen LogP contribution in [0, 0.1) is 0 Å². The van der Waals surface area contributed by atoms with Gasteiger partial charge in [-0.3, -0.25) is 4.79 Å². The lowest BCUT2D eigenvalue weighted by molar-refractivity contribution is -0.112. The maximum Gasteiger partial charge on any atom is 0.273 e. The van der Waals surface area contributed by atoms with Gasteiger partial charge in [0.2, 0.25) is 0 Å². The largest absolute Gasteiger partial charge is 0.357 e. The fourth-order valence-corrected chi connectivity index (χ4v) is 2.90. The van der Waals surface area contributed by atoms with Gasteiger partial charge in [0, 0.05) is 22.1 Å². The monoisotopic (exact) mass is 411 g/mol. The van der Waals surface area contributed by atoms with Crippen molar-refractivity contribution in [1.82, 2.24) is 0 Å². The van der Waals surface area contributed by atoms with E-state index in [0.29, 0.717) is 27.1 Å². The SMILES string of the molecule is CC(Nc1ccccc1)=C(Nc1ccccc1)C(=O)Nc1cc(Cl)ccc1Cl. The lowest BCUT2D eigenvalue weighted by atomic mass is 10.2. The van der Waals surface area contributed by atoms with Gasteiger partial charge in [0.1, 0.15) is 5.70 Å². The molecular weight excluding hydrogens is 393 g/mol. The van der Waals surface area contributed by atoms with E-state index in [2.05, 4.69) is 16.0 Å². The second-order valence-corrected chi connectivity index (χ2v) is 6.90. The van der Waals surface area contributed by atoms with Crippen LogP contribution in [0.25, 0.3) is 0 Å². The number of carbonyl (C=O) groups excluding carboxylic acids is 1. The van der Waals surface area contributed by atoms with Crippen molar-refractivity contribution in [3.63, 3.8) is 0 Å². The highest BCUT2D eigenvalue weighted by Gasteiger charge is 2.16. The molecule has 0 aliphatic rings. The molecule has 0 aromatic heterocycles. The number of rotatable bonds is 6. The van der Waals surface area contributed by atoms with Crippen molar-refractivity contribution in [2.75, 3.05) is 16.0 Å². The standard InChI is InChI=1S/C22H19Cl2N3O/c1-15(25-17-8-4-2-5-9-17)21(26-18-10-6-3-7-11-18)22(28)27-20-14-16(23)12-13-19(20)24/h2-14,25-26H,1H3,(H,27,28). The molecule has 0 atom stereocenters. The predicted octanol–water partition coefficient (Wildman–Crippen LogP) is 6.39. The molecule has 3 aromatic rings. The Morgan fingerprint density at radius 2 is 1.32 bits per heavy atom. The summed E-state index contributed by atoms with van der Waals surface area (Å²) in [5, 5.41) is 10.2. The minimum Gasteiger partial charge on any atom is -0.357 e. The first kappa shape index (κ1) is 19.8. The molecule has 0 radical (unpaired) electrons. The van der Waals surface area contributed by atoms with Crippen LogP contribution in [0.4, 0.5) is 17.1 Å². The fourth-order valence-electron chi connectivity index (χ4n) is 2.57. The maximum absolute atomic E-state index is 13.0. The molecule has 1 amide bonds. The summed E-state index contributed by atoms with van der Waals surface area (Å²) in [5.41, 5.74) is 3.14. The predicted molar refractivity (Wildman–Crippen MR) is 118 cm³/mol. The van der Waals surface area contributed by atoms with Gasteiger partial charge in [0.15, 0.2) is 0 Å². The Kier molecular flexibility index (Phi) is 6.58. The van der Waals surface area contributed by atoms with Crippen LogP contribution in [0.1, 0.15) is 6.92 Å². The van der Waals surface area contributed by atoms with Gasteiger partial charge in [0.25, 0.3) is 5.91 Å². The van der Waals surface area contributed by atoms with Crippen molar-refractivity contribution in [3.05, 3.63) is 100 Å². The average molecular weight is 412 g/mol. The summed E-state index contributed by atoms with van der Waals surface area (Å²) in [6, 6.07) is 24.0. The summed E-state index contributed by atoms with van der Waals surface area (Å²) >= 11 is 12.2. The summed E-state index contributed by atoms with van der Waals surface area (Å²) in [7, 11) is 0. The van der Waals surface area contributed by atoms with Crippen LogP contribution in [0.2, 0.25) is 10.0 Å². The molecule has 0 bridgehead atoms. The molecule has 0 heterocycles. The molecule has 28 heavy (non-hydrogen) atoms. The van der Waals surface area contributed by atoms with Gasteiger partial charge < -0.3 is 16.0 Å². The molecule has 0 aliphatic heterocycles. The third-order valence-corrected chi connectivity index (χ3v) is 4.49. The summed E-state index contributed by atoms with van der Waals surface area (Å²) < 4.78 is 0. The number of halogens is 2. The summed E-state index contributed by atoms with van der Waals surface area (Å²) in [6.45, 7) is 1.83. The third kappa shape index (κ3) is 5.28. The van der Waals surface area contributed by atoms with Crippen LogP contribution in [0.15, 0.2) is 90.3 Å². The molecule has 3 rings (SSSR count). The summed E-state index contributed by atoms with van der Waals surface area (Å²) in [6.07, 6.45) is 0. The summed E-state index contributed by atoms with van der Waals surface area (Å²) in [5.74, 6) is -0.339. The topological polar surface area (TPSA) is 53.2 Å². The zero-order chi connectivity index (χ0) is 19.9. The Hall–Kier alpha value is -2.95. The van der Waals surface area contributed by atoms with E-state index in [4.69, 9.17) is 23.2 Å². The van der Waals surface area contributed by atoms with Crippen LogP contribution in [0.5, 0.6) is 0 Å². The zero-order valence-corrected chi connectivity index (χ0v) is 16.7. The molecule has 0 spiro atoms. The molecule has 0 aliphatic carbocycles. The molecule has 3 aromatic carbocycles. The first-order valence-electron chi connectivity index (χ1n) is 8.64. The lowest BCUT2D eigenvalue weighted by Gasteiger charge is -2.17. The lowest BCUT2D eigenvalue weighted by Crippen LogP contribution is -2.23. The Labute approximate surface area is 174 Å². The molecule has 142 valence electrons. The van der Waals surface area contributed by atoms with Gasteiger partial charge in [-0.05, 0) is 49.4 Å². The van der Waals surface area contributed by atoms with Crippen molar-refractivity contribution in [2.45, 2.75) is 6.92 Å². The van der Waals surface area contributed by atoms with Crippen molar-refractivity contribution in [3.8, 4) is 0 Å². The van der Waals surface area contributed by atoms with E-state index in [1.165, 1.54) is 0 Å². The Bertz CT molecular complexity index is 989. The molecular formula is C22H19Cl2N3O. The smallest absolute Gasteiger partial charge is 0.273 e. The van der Waals surface area contributed by atoms with Crippen LogP contribution in [0.3, 0.4) is 0 Å². The van der Waals surface area contributed by atoms with Crippen LogP contribution in [-0.2, 0) is 4.79 Å². The molecule has 0 unspecified atom stereocenters. The second-order valence-electron chi connectivity index (χ2n) is 6.06. The van der Waals surface area contributed by atoms with Gasteiger partial charge in [0.05, 0.1) is 10.7 Å². The number of nitrogens with one attached hydrogen (secondary N) is 3. The molecule has 0 fully saturated rings. The number of carbonyl (C=O) groups is 1. The fraction of sp³-hybridized carbons (Fsp3) is 0.0455. The van der Waals surface area contributed by atoms with Gasteiger partial charge >= 0.3 is 0 Å². The quantitative estimate of drug-likeness (QED) is 0.412. The Morgan fingerprint density at radius 3 is 1.93 bits per heavy atom. The molecule has 0 saturated carbocycles. The number of allylic oxidation sites excluding steroid dienone is 1. The first-order chi connectivity index (χ1) is 13.5. The maximum atomic E-state index is 13.0. The average Bonchev–Trinajstić information content (AvgIpc) is 2.70. The van der Waals surface area contributed by atoms with Gasteiger partial charge in [-0.25, -0.2) is 0 Å². The molecule has 6 heteroatoms. The number of para-hydroxylation sites is 2. The number of hydrogen-bond donors (Lipinski definition) is 3. The van der Waals surface area contributed by atoms with Crippen molar-refractivity contribution in [2.24, 2.45) is 0 Å². The Balaban J connectivity index is 1.91. The normalized spacial score (nSPS) is 11.4. The summed E-state index contributed by atoms with van der Waals surface area (Å²) in [4.78, 5) is 13.0. The third-order valence-electron chi connectivity index (χ3n) is 3.93. The van der Waals surface area contributed by atoms with E-state index in [0.717, 1.165) is 11.4 Å². The van der Waals surface area contributed by atoms with E-state index in [1.807, 2.05) is 67.6 Å². The Morgan fingerprint density at radius 1 is 0.750 bits per heavy atom. The molecule has 4 nitrogen and oxygen atoms in total. The van der Waals surface area contributed by atoms with E-state index >= 15 is 0 Å². The van der Waals surface area contributed by atoms with Gasteiger partial charge in [-0.1, -0.05) is 59.6 Å². The van der Waals surface area contributed by atoms with Crippen LogP contribution < -0.4 is 16.0 Å². The van der Waals surface area contributed by atoms with Crippen molar-refractivity contribution in [1.29, 1.82) is 0 Å². The first-order valence-corrected chi connectivity index (χ1v) is 9.40. The molecule has 0 saturated heterocycles. The highest BCUT2D eigenvalue weighted by atomic mass is 35.5. The van der Waals surface area contributed by atoms with E-state index in [-0.39, 0.29) is 5.91 Å². The van der Waals surface area contributed by atoms with Gasteiger partial charge in [-0.15, -0.1) is 0 Å². The van der Waals surface area contributed by atoms with Crippen LogP contribution >= 0.6 is 23.2 Å². The zero-order valence-electron chi connectivity index (χ0n) is 15.2. The van der Waals surface area contributed by atoms with Crippen molar-refractivity contribution < 1.29 is 4.79 Å².